The highest BCUT2D eigenvalue weighted by Crippen LogP contribution is 2.24. The first-order valence-corrected chi connectivity index (χ1v) is 6.40. The molecule has 90 valence electrons. The number of thiazole rings is 1. The summed E-state index contributed by atoms with van der Waals surface area (Å²) in [5, 5.41) is 3.02. The van der Waals surface area contributed by atoms with Gasteiger partial charge in [-0.3, -0.25) is 0 Å². The van der Waals surface area contributed by atoms with Crippen LogP contribution < -0.4 is 5.73 Å². The minimum atomic E-state index is -0.181. The molecule has 0 radical (unpaired) electrons. The van der Waals surface area contributed by atoms with E-state index in [2.05, 4.69) is 4.98 Å². The molecular weight excluding hydrogens is 235 g/mol. The summed E-state index contributed by atoms with van der Waals surface area (Å²) in [6.07, 6.45) is 0.783. The molecule has 0 spiro atoms. The third-order valence-corrected chi connectivity index (χ3v) is 3.37. The third kappa shape index (κ3) is 2.90. The Labute approximate surface area is 104 Å². The van der Waals surface area contributed by atoms with Crippen molar-refractivity contribution >= 4 is 11.3 Å². The van der Waals surface area contributed by atoms with E-state index >= 15 is 0 Å². The average Bonchev–Trinajstić information content (AvgIpc) is 2.69. The number of nitrogens with zero attached hydrogens (tertiary/aromatic N) is 1. The first kappa shape index (κ1) is 12.2. The van der Waals surface area contributed by atoms with Gasteiger partial charge >= 0.3 is 0 Å². The average molecular weight is 250 g/mol. The fourth-order valence-corrected chi connectivity index (χ4v) is 2.56. The highest BCUT2D eigenvalue weighted by Gasteiger charge is 2.07. The fourth-order valence-electron chi connectivity index (χ4n) is 1.62. The Morgan fingerprint density at radius 1 is 1.47 bits per heavy atom. The van der Waals surface area contributed by atoms with Crippen LogP contribution in [0.4, 0.5) is 4.39 Å². The molecule has 0 amide bonds. The zero-order chi connectivity index (χ0) is 12.4. The van der Waals surface area contributed by atoms with Crippen LogP contribution >= 0.6 is 11.3 Å². The topological polar surface area (TPSA) is 38.9 Å². The molecule has 1 atom stereocenters. The number of benzene rings is 1. The maximum atomic E-state index is 13.2. The lowest BCUT2D eigenvalue weighted by Crippen LogP contribution is -2.17. The van der Waals surface area contributed by atoms with Crippen molar-refractivity contribution in [3.05, 3.63) is 40.0 Å². The maximum Gasteiger partial charge on any atom is 0.126 e. The Hall–Kier alpha value is -1.26. The van der Waals surface area contributed by atoms with E-state index in [0.717, 1.165) is 22.7 Å². The number of halogens is 1. The molecule has 0 saturated carbocycles. The first-order chi connectivity index (χ1) is 8.06. The molecule has 2 rings (SSSR count). The van der Waals surface area contributed by atoms with Crippen LogP contribution in [0, 0.1) is 12.7 Å². The van der Waals surface area contributed by atoms with Gasteiger partial charge in [-0.15, -0.1) is 11.3 Å². The normalized spacial score (nSPS) is 12.7. The van der Waals surface area contributed by atoms with Gasteiger partial charge < -0.3 is 5.73 Å². The summed E-state index contributed by atoms with van der Waals surface area (Å²) < 4.78 is 13.2. The van der Waals surface area contributed by atoms with Crippen LogP contribution in [-0.4, -0.2) is 11.0 Å². The van der Waals surface area contributed by atoms with Crippen LogP contribution in [0.2, 0.25) is 0 Å². The second-order valence-corrected chi connectivity index (χ2v) is 5.21. The predicted molar refractivity (Wildman–Crippen MR) is 69.6 cm³/mol. The first-order valence-electron chi connectivity index (χ1n) is 5.53. The van der Waals surface area contributed by atoms with Crippen LogP contribution in [0.25, 0.3) is 11.3 Å². The van der Waals surface area contributed by atoms with Crippen LogP contribution in [0.15, 0.2) is 23.6 Å². The summed E-state index contributed by atoms with van der Waals surface area (Å²) in [6.45, 7) is 3.72. The van der Waals surface area contributed by atoms with Crippen molar-refractivity contribution in [3.63, 3.8) is 0 Å². The number of hydrogen-bond donors (Lipinski definition) is 1. The number of aryl methyl sites for hydroxylation is 1. The van der Waals surface area contributed by atoms with Gasteiger partial charge in [0.05, 0.1) is 10.7 Å². The Morgan fingerprint density at radius 2 is 2.24 bits per heavy atom. The molecule has 0 bridgehead atoms. The Morgan fingerprint density at radius 3 is 2.88 bits per heavy atom. The van der Waals surface area contributed by atoms with Crippen molar-refractivity contribution in [3.8, 4) is 11.3 Å². The van der Waals surface area contributed by atoms with Gasteiger partial charge in [0.1, 0.15) is 5.82 Å². The van der Waals surface area contributed by atoms with Gasteiger partial charge in [-0.25, -0.2) is 9.37 Å². The van der Waals surface area contributed by atoms with E-state index in [1.165, 1.54) is 6.07 Å². The van der Waals surface area contributed by atoms with Crippen molar-refractivity contribution in [2.24, 2.45) is 5.73 Å². The summed E-state index contributed by atoms with van der Waals surface area (Å²) in [7, 11) is 0. The highest BCUT2D eigenvalue weighted by molar-refractivity contribution is 7.09. The molecule has 1 aromatic heterocycles. The van der Waals surface area contributed by atoms with E-state index in [-0.39, 0.29) is 11.9 Å². The third-order valence-electron chi connectivity index (χ3n) is 2.50. The number of rotatable bonds is 3. The van der Waals surface area contributed by atoms with Gasteiger partial charge in [0.25, 0.3) is 0 Å². The van der Waals surface area contributed by atoms with E-state index in [0.29, 0.717) is 5.56 Å². The van der Waals surface area contributed by atoms with Gasteiger partial charge in [0.2, 0.25) is 0 Å². The standard InChI is InChI=1S/C13H15FN2S/c1-8-5-10(3-4-11(8)14)12-7-17-13(16-12)6-9(2)15/h3-5,7,9H,6,15H2,1-2H3. The highest BCUT2D eigenvalue weighted by atomic mass is 32.1. The van der Waals surface area contributed by atoms with Crippen molar-refractivity contribution in [1.82, 2.24) is 4.98 Å². The molecule has 2 nitrogen and oxygen atoms in total. The molecule has 17 heavy (non-hydrogen) atoms. The van der Waals surface area contributed by atoms with Gasteiger partial charge in [0.15, 0.2) is 0 Å². The number of nitrogens with two attached hydrogens (primary N) is 1. The molecule has 1 aromatic carbocycles. The summed E-state index contributed by atoms with van der Waals surface area (Å²) >= 11 is 1.60. The predicted octanol–water partition coefficient (Wildman–Crippen LogP) is 3.15. The Balaban J connectivity index is 2.27. The largest absolute Gasteiger partial charge is 0.328 e. The lowest BCUT2D eigenvalue weighted by atomic mass is 10.1. The molecule has 1 unspecified atom stereocenters. The Kier molecular flexibility index (Phi) is 3.54. The molecule has 1 heterocycles. The van der Waals surface area contributed by atoms with E-state index in [4.69, 9.17) is 5.73 Å². The van der Waals surface area contributed by atoms with Gasteiger partial charge in [-0.1, -0.05) is 0 Å². The number of hydrogen-bond acceptors (Lipinski definition) is 3. The smallest absolute Gasteiger partial charge is 0.126 e. The monoisotopic (exact) mass is 250 g/mol. The van der Waals surface area contributed by atoms with Crippen molar-refractivity contribution in [2.45, 2.75) is 26.3 Å². The van der Waals surface area contributed by atoms with E-state index in [1.807, 2.05) is 18.4 Å². The SMILES string of the molecule is Cc1cc(-c2csc(CC(C)N)n2)ccc1F. The van der Waals surface area contributed by atoms with Gasteiger partial charge in [-0.05, 0) is 37.6 Å². The van der Waals surface area contributed by atoms with Crippen molar-refractivity contribution < 1.29 is 4.39 Å². The van der Waals surface area contributed by atoms with Crippen LogP contribution in [0.5, 0.6) is 0 Å². The van der Waals surface area contributed by atoms with E-state index < -0.39 is 0 Å². The second-order valence-electron chi connectivity index (χ2n) is 4.27. The molecule has 2 N–H and O–H groups in total. The zero-order valence-electron chi connectivity index (χ0n) is 9.90. The minimum absolute atomic E-state index is 0.115. The van der Waals surface area contributed by atoms with Crippen molar-refractivity contribution in [1.29, 1.82) is 0 Å². The molecular formula is C13H15FN2S. The van der Waals surface area contributed by atoms with Crippen LogP contribution in [-0.2, 0) is 6.42 Å². The molecule has 0 fully saturated rings. The molecule has 0 aliphatic carbocycles. The molecule has 0 aliphatic rings. The van der Waals surface area contributed by atoms with Gasteiger partial charge in [0, 0.05) is 23.4 Å². The molecule has 0 saturated heterocycles. The van der Waals surface area contributed by atoms with Crippen molar-refractivity contribution in [2.75, 3.05) is 0 Å². The quantitative estimate of drug-likeness (QED) is 0.909. The van der Waals surface area contributed by atoms with E-state index in [9.17, 15) is 4.39 Å². The maximum absolute atomic E-state index is 13.2. The molecule has 2 aromatic rings. The fraction of sp³-hybridized carbons (Fsp3) is 0.308. The van der Waals surface area contributed by atoms with Crippen LogP contribution in [0.3, 0.4) is 0 Å². The second kappa shape index (κ2) is 4.94. The summed E-state index contributed by atoms with van der Waals surface area (Å²) in [4.78, 5) is 4.51. The number of aromatic nitrogens is 1. The van der Waals surface area contributed by atoms with Crippen LogP contribution in [0.1, 0.15) is 17.5 Å². The lowest BCUT2D eigenvalue weighted by Gasteiger charge is -2.01. The molecule has 0 aliphatic heterocycles. The summed E-state index contributed by atoms with van der Waals surface area (Å²) in [5.74, 6) is -0.181. The van der Waals surface area contributed by atoms with E-state index in [1.54, 1.807) is 24.3 Å². The minimum Gasteiger partial charge on any atom is -0.328 e. The molecule has 4 heteroatoms. The summed E-state index contributed by atoms with van der Waals surface area (Å²) in [6, 6.07) is 5.17. The van der Waals surface area contributed by atoms with Gasteiger partial charge in [-0.2, -0.15) is 0 Å². The summed E-state index contributed by atoms with van der Waals surface area (Å²) in [5.41, 5.74) is 8.23. The lowest BCUT2D eigenvalue weighted by molar-refractivity contribution is 0.619. The Bertz CT molecular complexity index is 520. The zero-order valence-corrected chi connectivity index (χ0v) is 10.7.